The van der Waals surface area contributed by atoms with Gasteiger partial charge in [-0.2, -0.15) is 5.10 Å². The van der Waals surface area contributed by atoms with Crippen LogP contribution in [0.15, 0.2) is 18.3 Å². The number of nitrogens with zero attached hydrogens (tertiary/aromatic N) is 3. The summed E-state index contributed by atoms with van der Waals surface area (Å²) < 4.78 is 1.95. The summed E-state index contributed by atoms with van der Waals surface area (Å²) in [6.07, 6.45) is 4.93. The fourth-order valence-corrected chi connectivity index (χ4v) is 2.54. The number of aryl methyl sites for hydroxylation is 3. The third-order valence-corrected chi connectivity index (χ3v) is 3.68. The number of rotatable bonds is 2. The average Bonchev–Trinajstić information content (AvgIpc) is 2.84. The Labute approximate surface area is 127 Å². The first kappa shape index (κ1) is 13.9. The van der Waals surface area contributed by atoms with E-state index in [-0.39, 0.29) is 6.03 Å². The average molecular weight is 306 g/mol. The number of fused-ring (bicyclic) bond motifs is 1. The summed E-state index contributed by atoms with van der Waals surface area (Å²) in [6, 6.07) is 3.20. The Bertz CT molecular complexity index is 658. The quantitative estimate of drug-likeness (QED) is 0.837. The van der Waals surface area contributed by atoms with E-state index in [0.717, 1.165) is 24.9 Å². The van der Waals surface area contributed by atoms with E-state index in [0.29, 0.717) is 16.7 Å². The summed E-state index contributed by atoms with van der Waals surface area (Å²) in [4.78, 5) is 16.0. The molecule has 2 amide bonds. The summed E-state index contributed by atoms with van der Waals surface area (Å²) in [5, 5.41) is 10.2. The molecule has 7 heteroatoms. The molecule has 0 radical (unpaired) electrons. The molecule has 0 atom stereocenters. The maximum absolute atomic E-state index is 12.0. The van der Waals surface area contributed by atoms with E-state index in [9.17, 15) is 4.79 Å². The minimum absolute atomic E-state index is 0.337. The number of amides is 2. The van der Waals surface area contributed by atoms with E-state index in [4.69, 9.17) is 11.6 Å². The minimum Gasteiger partial charge on any atom is -0.307 e. The van der Waals surface area contributed by atoms with E-state index < -0.39 is 0 Å². The van der Waals surface area contributed by atoms with Crippen molar-refractivity contribution in [2.75, 3.05) is 10.6 Å². The highest BCUT2D eigenvalue weighted by Crippen LogP contribution is 2.20. The molecule has 0 bridgehead atoms. The van der Waals surface area contributed by atoms with E-state index in [1.54, 1.807) is 12.3 Å². The maximum Gasteiger partial charge on any atom is 0.324 e. The van der Waals surface area contributed by atoms with Gasteiger partial charge >= 0.3 is 6.03 Å². The molecule has 2 N–H and O–H groups in total. The zero-order valence-corrected chi connectivity index (χ0v) is 12.4. The molecule has 0 fully saturated rings. The smallest absolute Gasteiger partial charge is 0.307 e. The lowest BCUT2D eigenvalue weighted by molar-refractivity contribution is 0.262. The SMILES string of the molecule is Cc1cnc(Cl)cc1NC(=O)Nc1cc2n(n1)CCCC2. The van der Waals surface area contributed by atoms with Crippen molar-refractivity contribution in [3.8, 4) is 0 Å². The molecule has 3 rings (SSSR count). The van der Waals surface area contributed by atoms with Crippen molar-refractivity contribution < 1.29 is 4.79 Å². The van der Waals surface area contributed by atoms with Gasteiger partial charge in [0, 0.05) is 30.2 Å². The fourth-order valence-electron chi connectivity index (χ4n) is 2.38. The van der Waals surface area contributed by atoms with Crippen LogP contribution in [0.25, 0.3) is 0 Å². The number of anilines is 2. The van der Waals surface area contributed by atoms with Gasteiger partial charge in [0.15, 0.2) is 5.82 Å². The number of hydrogen-bond acceptors (Lipinski definition) is 3. The number of nitrogens with one attached hydrogen (secondary N) is 2. The molecule has 0 aromatic carbocycles. The molecule has 0 saturated heterocycles. The van der Waals surface area contributed by atoms with Crippen molar-refractivity contribution in [2.45, 2.75) is 32.7 Å². The van der Waals surface area contributed by atoms with E-state index in [1.165, 1.54) is 12.1 Å². The minimum atomic E-state index is -0.337. The van der Waals surface area contributed by atoms with Gasteiger partial charge in [-0.1, -0.05) is 11.6 Å². The van der Waals surface area contributed by atoms with Crippen LogP contribution in [0.3, 0.4) is 0 Å². The summed E-state index contributed by atoms with van der Waals surface area (Å²) in [6.45, 7) is 2.77. The predicted octanol–water partition coefficient (Wildman–Crippen LogP) is 3.22. The second-order valence-corrected chi connectivity index (χ2v) is 5.49. The topological polar surface area (TPSA) is 71.8 Å². The largest absolute Gasteiger partial charge is 0.324 e. The molecule has 0 saturated carbocycles. The Hall–Kier alpha value is -2.08. The molecule has 21 heavy (non-hydrogen) atoms. The van der Waals surface area contributed by atoms with Crippen LogP contribution in [0.5, 0.6) is 0 Å². The number of carbonyl (C=O) groups is 1. The molecule has 0 aliphatic carbocycles. The van der Waals surface area contributed by atoms with Gasteiger partial charge < -0.3 is 5.32 Å². The molecule has 110 valence electrons. The monoisotopic (exact) mass is 305 g/mol. The highest BCUT2D eigenvalue weighted by Gasteiger charge is 2.14. The molecule has 1 aliphatic rings. The van der Waals surface area contributed by atoms with Crippen LogP contribution < -0.4 is 10.6 Å². The Morgan fingerprint density at radius 1 is 1.33 bits per heavy atom. The lowest BCUT2D eigenvalue weighted by Gasteiger charge is -2.11. The van der Waals surface area contributed by atoms with Gasteiger partial charge in [-0.05, 0) is 37.8 Å². The third-order valence-electron chi connectivity index (χ3n) is 3.48. The zero-order chi connectivity index (χ0) is 14.8. The Morgan fingerprint density at radius 3 is 3.00 bits per heavy atom. The normalized spacial score (nSPS) is 13.6. The molecule has 6 nitrogen and oxygen atoms in total. The first-order valence-electron chi connectivity index (χ1n) is 6.89. The summed E-state index contributed by atoms with van der Waals surface area (Å²) >= 11 is 5.83. The molecule has 3 heterocycles. The predicted molar refractivity (Wildman–Crippen MR) is 81.8 cm³/mol. The van der Waals surface area contributed by atoms with Crippen molar-refractivity contribution in [3.05, 3.63) is 34.7 Å². The Morgan fingerprint density at radius 2 is 2.19 bits per heavy atom. The van der Waals surface area contributed by atoms with E-state index in [1.807, 2.05) is 17.7 Å². The molecular formula is C14H16ClN5O. The lowest BCUT2D eigenvalue weighted by atomic mass is 10.1. The molecule has 0 spiro atoms. The molecule has 2 aromatic rings. The highest BCUT2D eigenvalue weighted by atomic mass is 35.5. The molecule has 1 aliphatic heterocycles. The van der Waals surface area contributed by atoms with E-state index in [2.05, 4.69) is 20.7 Å². The zero-order valence-electron chi connectivity index (χ0n) is 11.7. The second kappa shape index (κ2) is 5.73. The van der Waals surface area contributed by atoms with Gasteiger partial charge in [-0.25, -0.2) is 9.78 Å². The number of hydrogen-bond donors (Lipinski definition) is 2. The third kappa shape index (κ3) is 3.16. The van der Waals surface area contributed by atoms with Crippen molar-refractivity contribution in [3.63, 3.8) is 0 Å². The number of pyridine rings is 1. The van der Waals surface area contributed by atoms with Crippen molar-refractivity contribution >= 4 is 29.1 Å². The number of aromatic nitrogens is 3. The first-order valence-corrected chi connectivity index (χ1v) is 7.26. The standard InChI is InChI=1S/C14H16ClN5O/c1-9-8-16-12(15)7-11(9)17-14(21)18-13-6-10-4-2-3-5-20(10)19-13/h6-8H,2-5H2,1H3,(H2,16,17,18,19,21). The van der Waals surface area contributed by atoms with Crippen LogP contribution in [0.1, 0.15) is 24.1 Å². The Balaban J connectivity index is 1.69. The van der Waals surface area contributed by atoms with Crippen molar-refractivity contribution in [1.29, 1.82) is 0 Å². The van der Waals surface area contributed by atoms with Crippen LogP contribution in [-0.2, 0) is 13.0 Å². The molecular weight excluding hydrogens is 290 g/mol. The maximum atomic E-state index is 12.0. The summed E-state index contributed by atoms with van der Waals surface area (Å²) in [5.41, 5.74) is 2.65. The van der Waals surface area contributed by atoms with Gasteiger partial charge in [-0.3, -0.25) is 10.00 Å². The highest BCUT2D eigenvalue weighted by molar-refractivity contribution is 6.29. The second-order valence-electron chi connectivity index (χ2n) is 5.10. The van der Waals surface area contributed by atoms with E-state index >= 15 is 0 Å². The fraction of sp³-hybridized carbons (Fsp3) is 0.357. The molecule has 0 unspecified atom stereocenters. The van der Waals surface area contributed by atoms with Gasteiger partial charge in [-0.15, -0.1) is 0 Å². The van der Waals surface area contributed by atoms with Crippen LogP contribution in [0.4, 0.5) is 16.3 Å². The van der Waals surface area contributed by atoms with Crippen LogP contribution in [0.2, 0.25) is 5.15 Å². The van der Waals surface area contributed by atoms with Crippen LogP contribution in [-0.4, -0.2) is 20.8 Å². The first-order chi connectivity index (χ1) is 10.1. The lowest BCUT2D eigenvalue weighted by Crippen LogP contribution is -2.20. The number of halogens is 1. The number of urea groups is 1. The van der Waals surface area contributed by atoms with Gasteiger partial charge in [0.2, 0.25) is 0 Å². The van der Waals surface area contributed by atoms with Crippen molar-refractivity contribution in [2.24, 2.45) is 0 Å². The van der Waals surface area contributed by atoms with Crippen LogP contribution >= 0.6 is 11.6 Å². The number of carbonyl (C=O) groups excluding carboxylic acids is 1. The molecule has 2 aromatic heterocycles. The van der Waals surface area contributed by atoms with Crippen LogP contribution in [0, 0.1) is 6.92 Å². The van der Waals surface area contributed by atoms with Gasteiger partial charge in [0.25, 0.3) is 0 Å². The van der Waals surface area contributed by atoms with Gasteiger partial charge in [0.1, 0.15) is 5.15 Å². The Kier molecular flexibility index (Phi) is 3.79. The summed E-state index contributed by atoms with van der Waals surface area (Å²) in [7, 11) is 0. The van der Waals surface area contributed by atoms with Gasteiger partial charge in [0.05, 0.1) is 0 Å². The summed E-state index contributed by atoms with van der Waals surface area (Å²) in [5.74, 6) is 0.571. The van der Waals surface area contributed by atoms with Crippen molar-refractivity contribution in [1.82, 2.24) is 14.8 Å².